The number of methoxy groups -OCH3 is 1. The van der Waals surface area contributed by atoms with E-state index in [-0.39, 0.29) is 0 Å². The minimum atomic E-state index is -0.501. The summed E-state index contributed by atoms with van der Waals surface area (Å²) in [7, 11) is 1.67. The number of ether oxygens (including phenoxy) is 1. The van der Waals surface area contributed by atoms with Crippen LogP contribution in [0.4, 0.5) is 0 Å². The van der Waals surface area contributed by atoms with E-state index in [9.17, 15) is 5.11 Å². The van der Waals surface area contributed by atoms with Crippen LogP contribution >= 0.6 is 11.8 Å². The molecule has 1 aliphatic rings. The highest BCUT2D eigenvalue weighted by atomic mass is 32.2. The lowest BCUT2D eigenvalue weighted by atomic mass is 9.97. The van der Waals surface area contributed by atoms with Crippen molar-refractivity contribution in [1.29, 1.82) is 0 Å². The third kappa shape index (κ3) is 1.88. The van der Waals surface area contributed by atoms with Gasteiger partial charge in [0.05, 0.1) is 12.7 Å². The molecule has 0 saturated carbocycles. The van der Waals surface area contributed by atoms with E-state index >= 15 is 0 Å². The fourth-order valence-corrected chi connectivity index (χ4v) is 2.52. The molecule has 1 saturated heterocycles. The first-order valence-corrected chi connectivity index (χ1v) is 5.81. The molecule has 1 aliphatic heterocycles. The average molecular weight is 210 g/mol. The van der Waals surface area contributed by atoms with Crippen LogP contribution in [0.25, 0.3) is 0 Å². The van der Waals surface area contributed by atoms with Crippen LogP contribution in [0.1, 0.15) is 5.56 Å². The Balaban J connectivity index is 2.15. The van der Waals surface area contributed by atoms with Gasteiger partial charge in [0.1, 0.15) is 5.75 Å². The SMILES string of the molecule is COc1ccccc1CC1(O)CSC1. The molecule has 14 heavy (non-hydrogen) atoms. The Morgan fingerprint density at radius 2 is 2.14 bits per heavy atom. The van der Waals surface area contributed by atoms with Crippen LogP contribution in [-0.4, -0.2) is 29.3 Å². The predicted octanol–water partition coefficient (Wildman–Crippen LogP) is 1.72. The summed E-state index contributed by atoms with van der Waals surface area (Å²) in [5.74, 6) is 2.55. The van der Waals surface area contributed by atoms with E-state index < -0.39 is 5.60 Å². The summed E-state index contributed by atoms with van der Waals surface area (Å²) in [4.78, 5) is 0. The number of aliphatic hydroxyl groups is 1. The summed E-state index contributed by atoms with van der Waals surface area (Å²) in [6, 6.07) is 7.87. The first-order chi connectivity index (χ1) is 6.73. The minimum absolute atomic E-state index is 0.501. The molecular formula is C11H14O2S. The van der Waals surface area contributed by atoms with Crippen LogP contribution in [0.3, 0.4) is 0 Å². The largest absolute Gasteiger partial charge is 0.496 e. The fourth-order valence-electron chi connectivity index (χ4n) is 1.64. The van der Waals surface area contributed by atoms with Crippen LogP contribution in [0.5, 0.6) is 5.75 Å². The molecule has 0 aromatic heterocycles. The molecule has 76 valence electrons. The van der Waals surface area contributed by atoms with Crippen LogP contribution < -0.4 is 4.74 Å². The van der Waals surface area contributed by atoms with Crippen molar-refractivity contribution in [1.82, 2.24) is 0 Å². The Kier molecular flexibility index (Phi) is 2.70. The highest BCUT2D eigenvalue weighted by molar-refractivity contribution is 8.00. The molecule has 0 atom stereocenters. The second-order valence-electron chi connectivity index (χ2n) is 3.71. The molecule has 1 N–H and O–H groups in total. The van der Waals surface area contributed by atoms with Crippen molar-refractivity contribution in [2.75, 3.05) is 18.6 Å². The topological polar surface area (TPSA) is 29.5 Å². The molecule has 1 fully saturated rings. The van der Waals surface area contributed by atoms with E-state index in [2.05, 4.69) is 0 Å². The lowest BCUT2D eigenvalue weighted by Crippen LogP contribution is -2.45. The van der Waals surface area contributed by atoms with Crippen molar-refractivity contribution in [3.63, 3.8) is 0 Å². The molecule has 0 bridgehead atoms. The zero-order chi connectivity index (χ0) is 10.0. The second-order valence-corrected chi connectivity index (χ2v) is 4.69. The van der Waals surface area contributed by atoms with Crippen molar-refractivity contribution in [3.8, 4) is 5.75 Å². The zero-order valence-corrected chi connectivity index (χ0v) is 9.01. The first-order valence-electron chi connectivity index (χ1n) is 4.65. The standard InChI is InChI=1S/C11H14O2S/c1-13-10-5-3-2-4-9(10)6-11(12)7-14-8-11/h2-5,12H,6-8H2,1H3. The molecule has 0 spiro atoms. The van der Waals surface area contributed by atoms with Gasteiger partial charge in [0.15, 0.2) is 0 Å². The van der Waals surface area contributed by atoms with Gasteiger partial charge in [0.2, 0.25) is 0 Å². The minimum Gasteiger partial charge on any atom is -0.496 e. The van der Waals surface area contributed by atoms with Gasteiger partial charge in [-0.1, -0.05) is 18.2 Å². The Bertz CT molecular complexity index is 321. The number of hydrogen-bond acceptors (Lipinski definition) is 3. The highest BCUT2D eigenvalue weighted by Crippen LogP contribution is 2.34. The number of benzene rings is 1. The third-order valence-electron chi connectivity index (χ3n) is 2.45. The lowest BCUT2D eigenvalue weighted by molar-refractivity contribution is 0.0786. The predicted molar refractivity (Wildman–Crippen MR) is 59.0 cm³/mol. The summed E-state index contributed by atoms with van der Waals surface area (Å²) in [5.41, 5.74) is 0.594. The molecule has 2 rings (SSSR count). The summed E-state index contributed by atoms with van der Waals surface area (Å²) >= 11 is 1.79. The molecule has 0 amide bonds. The maximum Gasteiger partial charge on any atom is 0.122 e. The van der Waals surface area contributed by atoms with Crippen molar-refractivity contribution >= 4 is 11.8 Å². The zero-order valence-electron chi connectivity index (χ0n) is 8.19. The van der Waals surface area contributed by atoms with Gasteiger partial charge in [-0.2, -0.15) is 11.8 Å². The molecule has 3 heteroatoms. The Morgan fingerprint density at radius 1 is 1.43 bits per heavy atom. The number of rotatable bonds is 3. The van der Waals surface area contributed by atoms with Gasteiger partial charge >= 0.3 is 0 Å². The van der Waals surface area contributed by atoms with E-state index in [4.69, 9.17) is 4.74 Å². The molecule has 0 unspecified atom stereocenters. The summed E-state index contributed by atoms with van der Waals surface area (Å²) < 4.78 is 5.24. The number of thioether (sulfide) groups is 1. The second kappa shape index (κ2) is 3.83. The molecule has 2 nitrogen and oxygen atoms in total. The van der Waals surface area contributed by atoms with Gasteiger partial charge in [-0.15, -0.1) is 0 Å². The van der Waals surface area contributed by atoms with Crippen molar-refractivity contribution in [3.05, 3.63) is 29.8 Å². The number of para-hydroxylation sites is 1. The van der Waals surface area contributed by atoms with Crippen LogP contribution in [0.15, 0.2) is 24.3 Å². The van der Waals surface area contributed by atoms with E-state index in [0.29, 0.717) is 6.42 Å². The number of hydrogen-bond donors (Lipinski definition) is 1. The Hall–Kier alpha value is -0.670. The van der Waals surface area contributed by atoms with Crippen LogP contribution in [-0.2, 0) is 6.42 Å². The van der Waals surface area contributed by atoms with E-state index in [1.54, 1.807) is 18.9 Å². The Labute approximate surface area is 88.3 Å². The van der Waals surface area contributed by atoms with Crippen LogP contribution in [0.2, 0.25) is 0 Å². The first kappa shape index (κ1) is 9.87. The smallest absolute Gasteiger partial charge is 0.122 e. The normalized spacial score (nSPS) is 18.7. The molecule has 1 aromatic carbocycles. The van der Waals surface area contributed by atoms with Crippen molar-refractivity contribution in [2.24, 2.45) is 0 Å². The van der Waals surface area contributed by atoms with Gasteiger partial charge in [0.25, 0.3) is 0 Å². The lowest BCUT2D eigenvalue weighted by Gasteiger charge is -2.36. The van der Waals surface area contributed by atoms with Crippen LogP contribution in [0, 0.1) is 0 Å². The van der Waals surface area contributed by atoms with Crippen molar-refractivity contribution < 1.29 is 9.84 Å². The molecule has 1 aromatic rings. The molecular weight excluding hydrogens is 196 g/mol. The van der Waals surface area contributed by atoms with Gasteiger partial charge in [-0.05, 0) is 11.6 Å². The molecule has 0 radical (unpaired) electrons. The van der Waals surface area contributed by atoms with Gasteiger partial charge in [-0.3, -0.25) is 0 Å². The maximum atomic E-state index is 10.0. The van der Waals surface area contributed by atoms with E-state index in [1.165, 1.54) is 0 Å². The van der Waals surface area contributed by atoms with Crippen molar-refractivity contribution in [2.45, 2.75) is 12.0 Å². The monoisotopic (exact) mass is 210 g/mol. The third-order valence-corrected chi connectivity index (χ3v) is 3.94. The quantitative estimate of drug-likeness (QED) is 0.823. The summed E-state index contributed by atoms with van der Waals surface area (Å²) in [6.07, 6.45) is 0.698. The van der Waals surface area contributed by atoms with Gasteiger partial charge < -0.3 is 9.84 Å². The summed E-state index contributed by atoms with van der Waals surface area (Å²) in [6.45, 7) is 0. The van der Waals surface area contributed by atoms with Gasteiger partial charge in [-0.25, -0.2) is 0 Å². The molecule has 1 heterocycles. The Morgan fingerprint density at radius 3 is 2.71 bits per heavy atom. The maximum absolute atomic E-state index is 10.0. The molecule has 0 aliphatic carbocycles. The van der Waals surface area contributed by atoms with E-state index in [0.717, 1.165) is 22.8 Å². The average Bonchev–Trinajstić information content (AvgIpc) is 2.16. The fraction of sp³-hybridized carbons (Fsp3) is 0.455. The van der Waals surface area contributed by atoms with Gasteiger partial charge in [0, 0.05) is 17.9 Å². The summed E-state index contributed by atoms with van der Waals surface area (Å²) in [5, 5.41) is 10.0. The van der Waals surface area contributed by atoms with E-state index in [1.807, 2.05) is 24.3 Å². The highest BCUT2D eigenvalue weighted by Gasteiger charge is 2.35.